The van der Waals surface area contributed by atoms with Crippen molar-refractivity contribution in [3.8, 4) is 0 Å². The average Bonchev–Trinajstić information content (AvgIpc) is 3.24. The van der Waals surface area contributed by atoms with Crippen LogP contribution >= 0.6 is 11.8 Å². The van der Waals surface area contributed by atoms with E-state index in [2.05, 4.69) is 40.4 Å². The molecule has 32 heavy (non-hydrogen) atoms. The van der Waals surface area contributed by atoms with Crippen LogP contribution in [0.4, 0.5) is 0 Å². The van der Waals surface area contributed by atoms with E-state index in [0.717, 1.165) is 23.1 Å². The fraction of sp³-hybridized carbons (Fsp3) is 0.727. The summed E-state index contributed by atoms with van der Waals surface area (Å²) in [6.07, 6.45) is 2.22. The summed E-state index contributed by atoms with van der Waals surface area (Å²) in [5, 5.41) is -1.16. The molecule has 0 saturated carbocycles. The number of amides is 2. The molecular formula is C22H35NO7SSi. The Hall–Kier alpha value is -1.49. The van der Waals surface area contributed by atoms with Gasteiger partial charge in [0.25, 0.3) is 0 Å². The predicted octanol–water partition coefficient (Wildman–Crippen LogP) is 3.27. The Morgan fingerprint density at radius 2 is 2.00 bits per heavy atom. The van der Waals surface area contributed by atoms with Crippen molar-refractivity contribution >= 4 is 43.0 Å². The summed E-state index contributed by atoms with van der Waals surface area (Å²) in [6.45, 7) is 16.2. The fourth-order valence-corrected chi connectivity index (χ4v) is 6.13. The number of carbonyl (C=O) groups excluding carboxylic acids is 4. The van der Waals surface area contributed by atoms with Gasteiger partial charge in [-0.15, -0.1) is 0 Å². The van der Waals surface area contributed by atoms with E-state index in [-0.39, 0.29) is 16.8 Å². The Bertz CT molecular complexity index is 758. The summed E-state index contributed by atoms with van der Waals surface area (Å²) in [4.78, 5) is 51.5. The first kappa shape index (κ1) is 26.8. The van der Waals surface area contributed by atoms with E-state index in [1.807, 2.05) is 6.92 Å². The number of rotatable bonds is 8. The van der Waals surface area contributed by atoms with E-state index < -0.39 is 49.6 Å². The number of imide groups is 1. The molecule has 2 amide bonds. The fourth-order valence-electron chi connectivity index (χ4n) is 3.39. The minimum absolute atomic E-state index is 0.0760. The monoisotopic (exact) mass is 485 g/mol. The molecule has 0 aromatic rings. The molecule has 0 radical (unpaired) electrons. The number of carbonyl (C=O) groups is 4. The Morgan fingerprint density at radius 3 is 2.50 bits per heavy atom. The lowest BCUT2D eigenvalue weighted by Gasteiger charge is -2.49. The minimum atomic E-state index is -2.22. The summed E-state index contributed by atoms with van der Waals surface area (Å²) < 4.78 is 16.8. The van der Waals surface area contributed by atoms with Crippen molar-refractivity contribution in [3.63, 3.8) is 0 Å². The van der Waals surface area contributed by atoms with Crippen LogP contribution in [0.5, 0.6) is 0 Å². The van der Waals surface area contributed by atoms with Crippen molar-refractivity contribution in [2.45, 2.75) is 82.7 Å². The van der Waals surface area contributed by atoms with E-state index in [4.69, 9.17) is 13.9 Å². The van der Waals surface area contributed by atoms with Crippen LogP contribution in [-0.2, 0) is 33.1 Å². The molecule has 0 aromatic heterocycles. The number of hydrogen-bond donors (Lipinski definition) is 0. The SMILES string of the molecule is C=CCOC(=O)C(=O)N1C(=O)[C@@H]([C@H](CC)O[Si](C)(C)C(C)(C)C)[C@@H]1SC(=O)[C@H]1CCCO1. The van der Waals surface area contributed by atoms with Crippen molar-refractivity contribution in [2.75, 3.05) is 13.2 Å². The molecule has 0 aromatic carbocycles. The zero-order valence-corrected chi connectivity index (χ0v) is 21.7. The summed E-state index contributed by atoms with van der Waals surface area (Å²) in [5.74, 6) is -3.45. The van der Waals surface area contributed by atoms with Gasteiger partial charge >= 0.3 is 11.9 Å². The van der Waals surface area contributed by atoms with Crippen LogP contribution in [0.15, 0.2) is 12.7 Å². The lowest BCUT2D eigenvalue weighted by atomic mass is 9.90. The van der Waals surface area contributed by atoms with Gasteiger partial charge in [-0.25, -0.2) is 4.79 Å². The van der Waals surface area contributed by atoms with Gasteiger partial charge in [0, 0.05) is 6.61 Å². The van der Waals surface area contributed by atoms with E-state index in [0.29, 0.717) is 19.4 Å². The van der Waals surface area contributed by atoms with Crippen molar-refractivity contribution in [1.29, 1.82) is 0 Å². The first-order valence-corrected chi connectivity index (χ1v) is 14.8. The molecule has 0 spiro atoms. The molecule has 0 unspecified atom stereocenters. The standard InChI is InChI=1S/C22H35NO7SSi/c1-8-12-29-20(26)18(25)23-17(24)16(14(9-2)30-32(6,7)22(3,4)5)19(23)31-21(27)15-11-10-13-28-15/h8,14-16,19H,1,9-13H2,2-7H3/t14-,15+,16+,19-/m0/s1. The molecule has 2 heterocycles. The Balaban J connectivity index is 2.27. The topological polar surface area (TPSA) is 99.2 Å². The second-order valence-corrected chi connectivity index (χ2v) is 15.5. The number of hydrogen-bond acceptors (Lipinski definition) is 8. The van der Waals surface area contributed by atoms with Crippen LogP contribution in [0.3, 0.4) is 0 Å². The van der Waals surface area contributed by atoms with Gasteiger partial charge in [0.15, 0.2) is 8.32 Å². The number of esters is 1. The zero-order valence-electron chi connectivity index (χ0n) is 19.8. The van der Waals surface area contributed by atoms with Gasteiger partial charge in [0.1, 0.15) is 18.1 Å². The summed E-state index contributed by atoms with van der Waals surface area (Å²) in [6, 6.07) is 0. The summed E-state index contributed by atoms with van der Waals surface area (Å²) in [5.41, 5.74) is 0. The van der Waals surface area contributed by atoms with Crippen LogP contribution in [0.25, 0.3) is 0 Å². The third-order valence-electron chi connectivity index (χ3n) is 6.29. The molecule has 2 rings (SSSR count). The lowest BCUT2D eigenvalue weighted by molar-refractivity contribution is -0.175. The predicted molar refractivity (Wildman–Crippen MR) is 124 cm³/mol. The van der Waals surface area contributed by atoms with Gasteiger partial charge in [-0.2, -0.15) is 0 Å². The molecular weight excluding hydrogens is 450 g/mol. The van der Waals surface area contributed by atoms with E-state index in [1.165, 1.54) is 6.08 Å². The third-order valence-corrected chi connectivity index (χ3v) is 12.0. The smallest absolute Gasteiger partial charge is 0.397 e. The molecule has 2 saturated heterocycles. The Kier molecular flexibility index (Phi) is 8.88. The van der Waals surface area contributed by atoms with Crippen molar-refractivity contribution < 1.29 is 33.1 Å². The quantitative estimate of drug-likeness (QED) is 0.170. The van der Waals surface area contributed by atoms with E-state index >= 15 is 0 Å². The summed E-state index contributed by atoms with van der Waals surface area (Å²) in [7, 11) is -2.22. The van der Waals surface area contributed by atoms with Crippen LogP contribution in [0, 0.1) is 5.92 Å². The van der Waals surface area contributed by atoms with Gasteiger partial charge in [-0.05, 0) is 37.4 Å². The largest absolute Gasteiger partial charge is 0.454 e. The Morgan fingerprint density at radius 1 is 1.34 bits per heavy atom. The molecule has 2 aliphatic rings. The molecule has 4 atom stereocenters. The number of nitrogens with zero attached hydrogens (tertiary/aromatic N) is 1. The number of thioether (sulfide) groups is 1. The average molecular weight is 486 g/mol. The number of ether oxygens (including phenoxy) is 2. The molecule has 8 nitrogen and oxygen atoms in total. The number of likely N-dealkylation sites (tertiary alicyclic amines) is 1. The lowest BCUT2D eigenvalue weighted by Crippen LogP contribution is -2.68. The highest BCUT2D eigenvalue weighted by molar-refractivity contribution is 8.14. The summed E-state index contributed by atoms with van der Waals surface area (Å²) >= 11 is 0.878. The van der Waals surface area contributed by atoms with Crippen molar-refractivity contribution in [2.24, 2.45) is 5.92 Å². The first-order chi connectivity index (χ1) is 14.9. The molecule has 2 fully saturated rings. The third kappa shape index (κ3) is 5.70. The maximum atomic E-state index is 13.1. The van der Waals surface area contributed by atoms with Crippen molar-refractivity contribution in [1.82, 2.24) is 4.90 Å². The second kappa shape index (κ2) is 10.6. The first-order valence-electron chi connectivity index (χ1n) is 11.0. The Labute approximate surface area is 195 Å². The zero-order chi connectivity index (χ0) is 24.3. The van der Waals surface area contributed by atoms with Gasteiger partial charge < -0.3 is 13.9 Å². The maximum absolute atomic E-state index is 13.1. The maximum Gasteiger partial charge on any atom is 0.397 e. The van der Waals surface area contributed by atoms with Crippen LogP contribution in [0.2, 0.25) is 18.1 Å². The highest BCUT2D eigenvalue weighted by Gasteiger charge is 2.58. The molecule has 180 valence electrons. The highest BCUT2D eigenvalue weighted by atomic mass is 32.2. The van der Waals surface area contributed by atoms with Gasteiger partial charge in [-0.1, -0.05) is 52.1 Å². The van der Waals surface area contributed by atoms with Crippen molar-refractivity contribution in [3.05, 3.63) is 12.7 Å². The molecule has 0 aliphatic carbocycles. The van der Waals surface area contributed by atoms with Crippen LogP contribution < -0.4 is 0 Å². The van der Waals surface area contributed by atoms with Gasteiger partial charge in [0.05, 0.1) is 12.0 Å². The highest BCUT2D eigenvalue weighted by Crippen LogP contribution is 2.44. The van der Waals surface area contributed by atoms with Gasteiger partial charge in [-0.3, -0.25) is 19.3 Å². The normalized spacial score (nSPS) is 24.6. The van der Waals surface area contributed by atoms with E-state index in [9.17, 15) is 19.2 Å². The molecule has 2 aliphatic heterocycles. The van der Waals surface area contributed by atoms with E-state index in [1.54, 1.807) is 0 Å². The minimum Gasteiger partial charge on any atom is -0.454 e. The molecule has 0 N–H and O–H groups in total. The van der Waals surface area contributed by atoms with Gasteiger partial charge in [0.2, 0.25) is 11.0 Å². The molecule has 0 bridgehead atoms. The molecule has 10 heteroatoms. The second-order valence-electron chi connectivity index (χ2n) is 9.58. The van der Waals surface area contributed by atoms with Crippen LogP contribution in [0.1, 0.15) is 47.0 Å². The van der Waals surface area contributed by atoms with Crippen LogP contribution in [-0.4, -0.2) is 66.9 Å². The number of β-lactam (4-membered cyclic amide) rings is 1.